The van der Waals surface area contributed by atoms with Crippen molar-refractivity contribution in [3.8, 4) is 17.1 Å². The van der Waals surface area contributed by atoms with Crippen LogP contribution in [0.1, 0.15) is 18.1 Å². The summed E-state index contributed by atoms with van der Waals surface area (Å²) >= 11 is 5.98. The highest BCUT2D eigenvalue weighted by Crippen LogP contribution is 2.39. The largest absolute Gasteiger partial charge is 0.417 e. The van der Waals surface area contributed by atoms with Crippen molar-refractivity contribution in [1.29, 1.82) is 0 Å². The molecule has 0 saturated heterocycles. The van der Waals surface area contributed by atoms with E-state index in [1.807, 2.05) is 28.8 Å². The number of fused-ring (bicyclic) bond motifs is 1. The number of benzene rings is 2. The van der Waals surface area contributed by atoms with Gasteiger partial charge in [0.05, 0.1) is 21.6 Å². The minimum absolute atomic E-state index is 0.225. The number of hydrogen-bond acceptors (Lipinski definition) is 2. The Labute approximate surface area is 164 Å². The molecule has 0 atom stereocenters. The molecule has 2 aromatic carbocycles. The van der Waals surface area contributed by atoms with Gasteiger partial charge in [-0.3, -0.25) is 9.55 Å². The Hall–Kier alpha value is -2.86. The van der Waals surface area contributed by atoms with Crippen molar-refractivity contribution in [2.24, 2.45) is 0 Å². The molecular weight excluding hydrogens is 387 g/mol. The number of nitrogens with zero attached hydrogens (tertiary/aromatic N) is 3. The molecule has 0 saturated carbocycles. The van der Waals surface area contributed by atoms with Gasteiger partial charge in [-0.2, -0.15) is 13.2 Å². The van der Waals surface area contributed by atoms with Gasteiger partial charge in [-0.05, 0) is 48.4 Å². The molecule has 3 nitrogen and oxygen atoms in total. The van der Waals surface area contributed by atoms with Gasteiger partial charge in [0.25, 0.3) is 0 Å². The van der Waals surface area contributed by atoms with Crippen molar-refractivity contribution in [3.63, 3.8) is 0 Å². The summed E-state index contributed by atoms with van der Waals surface area (Å²) < 4.78 is 41.7. The Bertz CT molecular complexity index is 1130. The summed E-state index contributed by atoms with van der Waals surface area (Å²) in [5.74, 6) is 0.525. The highest BCUT2D eigenvalue weighted by atomic mass is 35.5. The molecule has 0 bridgehead atoms. The van der Waals surface area contributed by atoms with E-state index in [2.05, 4.69) is 16.9 Å². The van der Waals surface area contributed by atoms with E-state index in [-0.39, 0.29) is 10.5 Å². The molecule has 0 spiro atoms. The van der Waals surface area contributed by atoms with E-state index in [0.717, 1.165) is 29.3 Å². The van der Waals surface area contributed by atoms with Gasteiger partial charge in [-0.25, -0.2) is 4.98 Å². The summed E-state index contributed by atoms with van der Waals surface area (Å²) in [6.07, 6.45) is -0.418. The molecule has 0 fully saturated rings. The molecule has 0 unspecified atom stereocenters. The second kappa shape index (κ2) is 6.95. The van der Waals surface area contributed by atoms with E-state index in [0.29, 0.717) is 11.3 Å². The van der Waals surface area contributed by atoms with Gasteiger partial charge in [-0.1, -0.05) is 30.7 Å². The summed E-state index contributed by atoms with van der Waals surface area (Å²) in [4.78, 5) is 8.50. The van der Waals surface area contributed by atoms with Crippen LogP contribution in [0.5, 0.6) is 0 Å². The summed E-state index contributed by atoms with van der Waals surface area (Å²) in [7, 11) is 0. The average Bonchev–Trinajstić information content (AvgIpc) is 3.05. The van der Waals surface area contributed by atoms with E-state index in [4.69, 9.17) is 11.6 Å². The fourth-order valence-electron chi connectivity index (χ4n) is 3.15. The van der Waals surface area contributed by atoms with E-state index in [9.17, 15) is 13.2 Å². The van der Waals surface area contributed by atoms with Crippen LogP contribution in [0.25, 0.3) is 28.1 Å². The summed E-state index contributed by atoms with van der Waals surface area (Å²) in [5, 5.41) is -0.354. The zero-order chi connectivity index (χ0) is 19.9. The minimum atomic E-state index is -4.55. The number of aromatic nitrogens is 3. The van der Waals surface area contributed by atoms with Crippen LogP contribution in [-0.2, 0) is 12.6 Å². The second-order valence-corrected chi connectivity index (χ2v) is 6.75. The lowest BCUT2D eigenvalue weighted by Gasteiger charge is -2.12. The Morgan fingerprint density at radius 2 is 1.68 bits per heavy atom. The van der Waals surface area contributed by atoms with Gasteiger partial charge in [0.1, 0.15) is 5.82 Å². The van der Waals surface area contributed by atoms with Crippen molar-refractivity contribution in [3.05, 3.63) is 77.1 Å². The number of halogens is 4. The minimum Gasteiger partial charge on any atom is -0.292 e. The first kappa shape index (κ1) is 18.5. The SMILES string of the molecule is CCc1ccc(-n2c(-c3ccncc3)nc3cc(C(F)(F)F)c(Cl)cc32)cc1. The van der Waals surface area contributed by atoms with Crippen molar-refractivity contribution >= 4 is 22.6 Å². The van der Waals surface area contributed by atoms with E-state index >= 15 is 0 Å². The highest BCUT2D eigenvalue weighted by Gasteiger charge is 2.34. The Kier molecular flexibility index (Phi) is 4.59. The van der Waals surface area contributed by atoms with E-state index in [1.54, 1.807) is 24.5 Å². The van der Waals surface area contributed by atoms with Crippen LogP contribution in [0, 0.1) is 0 Å². The fraction of sp³-hybridized carbons (Fsp3) is 0.143. The van der Waals surface area contributed by atoms with Crippen LogP contribution < -0.4 is 0 Å². The fourth-order valence-corrected chi connectivity index (χ4v) is 3.42. The van der Waals surface area contributed by atoms with Crippen molar-refractivity contribution in [2.75, 3.05) is 0 Å². The molecule has 0 radical (unpaired) electrons. The van der Waals surface area contributed by atoms with Gasteiger partial charge in [0.15, 0.2) is 0 Å². The molecule has 7 heteroatoms. The first-order valence-electron chi connectivity index (χ1n) is 8.67. The number of imidazole rings is 1. The molecule has 142 valence electrons. The van der Waals surface area contributed by atoms with Crippen LogP contribution >= 0.6 is 11.6 Å². The third-order valence-corrected chi connectivity index (χ3v) is 4.90. The smallest absolute Gasteiger partial charge is 0.292 e. The van der Waals surface area contributed by atoms with Crippen molar-refractivity contribution < 1.29 is 13.2 Å². The van der Waals surface area contributed by atoms with Gasteiger partial charge in [0, 0.05) is 23.6 Å². The second-order valence-electron chi connectivity index (χ2n) is 6.35. The summed E-state index contributed by atoms with van der Waals surface area (Å²) in [5.41, 5.74) is 2.54. The lowest BCUT2D eigenvalue weighted by atomic mass is 10.1. The lowest BCUT2D eigenvalue weighted by molar-refractivity contribution is -0.137. The number of pyridine rings is 1. The number of hydrogen-bond donors (Lipinski definition) is 0. The van der Waals surface area contributed by atoms with E-state index in [1.165, 1.54) is 6.07 Å². The maximum absolute atomic E-state index is 13.3. The number of alkyl halides is 3. The predicted molar refractivity (Wildman–Crippen MR) is 104 cm³/mol. The molecule has 0 N–H and O–H groups in total. The van der Waals surface area contributed by atoms with Crippen LogP contribution in [-0.4, -0.2) is 14.5 Å². The highest BCUT2D eigenvalue weighted by molar-refractivity contribution is 6.32. The molecule has 0 aliphatic heterocycles. The quantitative estimate of drug-likeness (QED) is 0.402. The van der Waals surface area contributed by atoms with Crippen LogP contribution in [0.3, 0.4) is 0 Å². The molecule has 0 amide bonds. The molecule has 2 aromatic heterocycles. The van der Waals surface area contributed by atoms with Crippen molar-refractivity contribution in [1.82, 2.24) is 14.5 Å². The Balaban J connectivity index is 2.02. The maximum Gasteiger partial charge on any atom is 0.417 e. The first-order chi connectivity index (χ1) is 13.4. The van der Waals surface area contributed by atoms with Gasteiger partial charge in [-0.15, -0.1) is 0 Å². The molecule has 28 heavy (non-hydrogen) atoms. The van der Waals surface area contributed by atoms with Crippen LogP contribution in [0.2, 0.25) is 5.02 Å². The van der Waals surface area contributed by atoms with Crippen molar-refractivity contribution in [2.45, 2.75) is 19.5 Å². The topological polar surface area (TPSA) is 30.7 Å². The first-order valence-corrected chi connectivity index (χ1v) is 9.05. The average molecular weight is 402 g/mol. The van der Waals surface area contributed by atoms with Gasteiger partial charge in [0.2, 0.25) is 0 Å². The number of rotatable bonds is 3. The Morgan fingerprint density at radius 1 is 1.00 bits per heavy atom. The maximum atomic E-state index is 13.3. The van der Waals surface area contributed by atoms with E-state index < -0.39 is 11.7 Å². The molecule has 0 aliphatic rings. The monoisotopic (exact) mass is 401 g/mol. The Morgan fingerprint density at radius 3 is 2.29 bits per heavy atom. The third kappa shape index (κ3) is 3.24. The normalized spacial score (nSPS) is 11.9. The van der Waals surface area contributed by atoms with Crippen LogP contribution in [0.15, 0.2) is 60.9 Å². The van der Waals surface area contributed by atoms with Crippen LogP contribution in [0.4, 0.5) is 13.2 Å². The van der Waals surface area contributed by atoms with Gasteiger partial charge < -0.3 is 0 Å². The molecule has 0 aliphatic carbocycles. The summed E-state index contributed by atoms with van der Waals surface area (Å²) in [6, 6.07) is 13.7. The molecule has 2 heterocycles. The molecular formula is C21H15ClF3N3. The zero-order valence-corrected chi connectivity index (χ0v) is 15.6. The zero-order valence-electron chi connectivity index (χ0n) is 14.8. The molecule has 4 rings (SSSR count). The standard InChI is InChI=1S/C21H15ClF3N3/c1-2-13-3-5-15(6-4-13)28-19-12-17(22)16(21(23,24)25)11-18(19)27-20(28)14-7-9-26-10-8-14/h3-12H,2H2,1H3. The summed E-state index contributed by atoms with van der Waals surface area (Å²) in [6.45, 7) is 2.06. The molecule has 4 aromatic rings. The van der Waals surface area contributed by atoms with Gasteiger partial charge >= 0.3 is 6.18 Å². The predicted octanol–water partition coefficient (Wildman–Crippen LogP) is 6.32. The number of aryl methyl sites for hydroxylation is 1. The third-order valence-electron chi connectivity index (χ3n) is 4.59. The lowest BCUT2D eigenvalue weighted by Crippen LogP contribution is -2.06.